The summed E-state index contributed by atoms with van der Waals surface area (Å²) in [4.78, 5) is 17.4. The molecule has 0 spiro atoms. The van der Waals surface area contributed by atoms with Crippen LogP contribution in [-0.2, 0) is 0 Å². The largest absolute Gasteiger partial charge is 0.477 e. The van der Waals surface area contributed by atoms with Crippen LogP contribution in [0.3, 0.4) is 0 Å². The highest BCUT2D eigenvalue weighted by molar-refractivity contribution is 6.30. The van der Waals surface area contributed by atoms with Crippen LogP contribution < -0.4 is 4.74 Å². The van der Waals surface area contributed by atoms with Crippen molar-refractivity contribution in [2.45, 2.75) is 13.8 Å². The van der Waals surface area contributed by atoms with E-state index in [1.165, 1.54) is 0 Å². The van der Waals surface area contributed by atoms with E-state index < -0.39 is 0 Å². The predicted molar refractivity (Wildman–Crippen MR) is 98.6 cm³/mol. The van der Waals surface area contributed by atoms with Crippen molar-refractivity contribution in [2.24, 2.45) is 0 Å². The molecule has 0 aromatic carbocycles. The second-order valence-electron chi connectivity index (χ2n) is 5.60. The van der Waals surface area contributed by atoms with Gasteiger partial charge in [-0.3, -0.25) is 9.97 Å². The van der Waals surface area contributed by atoms with Gasteiger partial charge in [-0.2, -0.15) is 4.68 Å². The minimum atomic E-state index is 0.480. The molecule has 0 aliphatic carbocycles. The van der Waals surface area contributed by atoms with Gasteiger partial charge in [-0.05, 0) is 37.6 Å². The minimum Gasteiger partial charge on any atom is -0.477 e. The highest BCUT2D eigenvalue weighted by atomic mass is 35.5. The van der Waals surface area contributed by atoms with Crippen molar-refractivity contribution in [2.75, 3.05) is 6.61 Å². The third kappa shape index (κ3) is 2.86. The molecule has 4 heterocycles. The summed E-state index contributed by atoms with van der Waals surface area (Å²) in [6.07, 6.45) is 6.78. The molecule has 0 atom stereocenters. The Hall–Kier alpha value is -3.06. The molecule has 0 unspecified atom stereocenters. The number of aryl methyl sites for hydroxylation is 1. The van der Waals surface area contributed by atoms with E-state index in [0.29, 0.717) is 34.7 Å². The van der Waals surface area contributed by atoms with E-state index in [9.17, 15) is 0 Å². The molecule has 0 bridgehead atoms. The number of fused-ring (bicyclic) bond motifs is 1. The van der Waals surface area contributed by atoms with E-state index in [2.05, 4.69) is 25.0 Å². The fourth-order valence-electron chi connectivity index (χ4n) is 2.63. The number of hydrogen-bond donors (Lipinski definition) is 0. The lowest BCUT2D eigenvalue weighted by atomic mass is 10.2. The van der Waals surface area contributed by atoms with Crippen LogP contribution in [0.15, 0.2) is 43.0 Å². The number of nitrogens with zero attached hydrogens (tertiary/aromatic N) is 6. The highest BCUT2D eigenvalue weighted by Crippen LogP contribution is 2.29. The second-order valence-corrected chi connectivity index (χ2v) is 6.04. The molecule has 4 aromatic heterocycles. The van der Waals surface area contributed by atoms with Crippen molar-refractivity contribution in [1.29, 1.82) is 0 Å². The van der Waals surface area contributed by atoms with Crippen LogP contribution in [0.25, 0.3) is 28.2 Å². The zero-order valence-corrected chi connectivity index (χ0v) is 15.0. The number of halogens is 1. The summed E-state index contributed by atoms with van der Waals surface area (Å²) >= 11 is 5.90. The summed E-state index contributed by atoms with van der Waals surface area (Å²) in [5.74, 6) is 1.08. The van der Waals surface area contributed by atoms with Crippen LogP contribution in [0.5, 0.6) is 5.88 Å². The van der Waals surface area contributed by atoms with E-state index in [-0.39, 0.29) is 0 Å². The molecule has 4 rings (SSSR count). The maximum Gasteiger partial charge on any atom is 0.228 e. The van der Waals surface area contributed by atoms with Crippen molar-refractivity contribution >= 4 is 22.6 Å². The summed E-state index contributed by atoms with van der Waals surface area (Å²) in [6, 6.07) is 5.41. The molecule has 0 saturated carbocycles. The Balaban J connectivity index is 1.89. The highest BCUT2D eigenvalue weighted by Gasteiger charge is 2.18. The Morgan fingerprint density at radius 3 is 2.73 bits per heavy atom. The molecule has 8 heteroatoms. The Bertz CT molecular complexity index is 1080. The van der Waals surface area contributed by atoms with Gasteiger partial charge in [-0.25, -0.2) is 9.97 Å². The maximum atomic E-state index is 5.90. The van der Waals surface area contributed by atoms with Crippen LogP contribution in [0.1, 0.15) is 12.5 Å². The topological polar surface area (TPSA) is 78.6 Å². The van der Waals surface area contributed by atoms with Gasteiger partial charge in [-0.1, -0.05) is 11.6 Å². The summed E-state index contributed by atoms with van der Waals surface area (Å²) in [7, 11) is 0. The lowest BCUT2D eigenvalue weighted by molar-refractivity contribution is 0.320. The van der Waals surface area contributed by atoms with Crippen molar-refractivity contribution in [3.8, 4) is 23.1 Å². The summed E-state index contributed by atoms with van der Waals surface area (Å²) in [5.41, 5.74) is 3.02. The predicted octanol–water partition coefficient (Wildman–Crippen LogP) is 3.63. The first-order chi connectivity index (χ1) is 12.7. The number of rotatable bonds is 4. The molecule has 0 fully saturated rings. The van der Waals surface area contributed by atoms with E-state index in [1.54, 1.807) is 41.6 Å². The van der Waals surface area contributed by atoms with Gasteiger partial charge in [0.2, 0.25) is 5.88 Å². The molecule has 4 aromatic rings. The fraction of sp³-hybridized carbons (Fsp3) is 0.167. The minimum absolute atomic E-state index is 0.480. The third-order valence-corrected chi connectivity index (χ3v) is 4.07. The Morgan fingerprint density at radius 2 is 2.00 bits per heavy atom. The summed E-state index contributed by atoms with van der Waals surface area (Å²) < 4.78 is 7.56. The van der Waals surface area contributed by atoms with E-state index >= 15 is 0 Å². The summed E-state index contributed by atoms with van der Waals surface area (Å²) in [5, 5.41) is 5.92. The molecule has 0 radical (unpaired) electrons. The zero-order chi connectivity index (χ0) is 18.1. The second kappa shape index (κ2) is 6.68. The van der Waals surface area contributed by atoms with Gasteiger partial charge >= 0.3 is 0 Å². The van der Waals surface area contributed by atoms with E-state index in [0.717, 1.165) is 16.6 Å². The monoisotopic (exact) mass is 366 g/mol. The zero-order valence-electron chi connectivity index (χ0n) is 14.2. The number of ether oxygens (including phenoxy) is 1. The number of pyridine rings is 2. The molecular weight excluding hydrogens is 352 g/mol. The first kappa shape index (κ1) is 16.4. The Morgan fingerprint density at radius 1 is 1.12 bits per heavy atom. The van der Waals surface area contributed by atoms with Gasteiger partial charge in [-0.15, -0.1) is 5.10 Å². The quantitative estimate of drug-likeness (QED) is 0.548. The van der Waals surface area contributed by atoms with Gasteiger partial charge in [0, 0.05) is 24.8 Å². The third-order valence-electron chi connectivity index (χ3n) is 3.84. The number of aromatic nitrogens is 6. The van der Waals surface area contributed by atoms with Crippen LogP contribution in [0.2, 0.25) is 5.02 Å². The van der Waals surface area contributed by atoms with E-state index in [4.69, 9.17) is 16.3 Å². The Kier molecular flexibility index (Phi) is 4.22. The van der Waals surface area contributed by atoms with Gasteiger partial charge in [0.1, 0.15) is 11.1 Å². The normalized spacial score (nSPS) is 11.0. The smallest absolute Gasteiger partial charge is 0.228 e. The van der Waals surface area contributed by atoms with Crippen molar-refractivity contribution in [3.63, 3.8) is 0 Å². The summed E-state index contributed by atoms with van der Waals surface area (Å²) in [6.45, 7) is 4.40. The number of hydrogen-bond acceptors (Lipinski definition) is 6. The SMILES string of the molecule is CCOc1c2cnc(-c3ccc(Cl)cn3)nc2nn1-c1ccncc1C. The van der Waals surface area contributed by atoms with Crippen molar-refractivity contribution in [3.05, 3.63) is 53.6 Å². The molecule has 7 nitrogen and oxygen atoms in total. The molecular formula is C18H15ClN6O. The van der Waals surface area contributed by atoms with Crippen molar-refractivity contribution < 1.29 is 4.74 Å². The fourth-order valence-corrected chi connectivity index (χ4v) is 2.74. The lowest BCUT2D eigenvalue weighted by Gasteiger charge is -2.09. The molecule has 0 saturated heterocycles. The standard InChI is InChI=1S/C18H15ClN6O/c1-3-26-18-13-10-22-17(14-5-4-12(19)9-21-14)23-16(13)24-25(18)15-6-7-20-8-11(15)2/h4-10H,3H2,1-2H3. The lowest BCUT2D eigenvalue weighted by Crippen LogP contribution is -2.04. The van der Waals surface area contributed by atoms with Gasteiger partial charge in [0.15, 0.2) is 11.5 Å². The van der Waals surface area contributed by atoms with Crippen LogP contribution >= 0.6 is 11.6 Å². The molecule has 26 heavy (non-hydrogen) atoms. The first-order valence-corrected chi connectivity index (χ1v) is 8.46. The average Bonchev–Trinajstić information content (AvgIpc) is 3.01. The first-order valence-electron chi connectivity index (χ1n) is 8.09. The molecule has 0 aliphatic heterocycles. The average molecular weight is 367 g/mol. The van der Waals surface area contributed by atoms with Gasteiger partial charge < -0.3 is 4.74 Å². The molecule has 0 amide bonds. The van der Waals surface area contributed by atoms with Crippen LogP contribution in [-0.4, -0.2) is 36.3 Å². The van der Waals surface area contributed by atoms with E-state index in [1.807, 2.05) is 19.9 Å². The Labute approximate surface area is 154 Å². The van der Waals surface area contributed by atoms with Crippen molar-refractivity contribution in [1.82, 2.24) is 29.7 Å². The van der Waals surface area contributed by atoms with Gasteiger partial charge in [0.25, 0.3) is 0 Å². The van der Waals surface area contributed by atoms with Crippen LogP contribution in [0, 0.1) is 6.92 Å². The molecule has 130 valence electrons. The van der Waals surface area contributed by atoms with Gasteiger partial charge in [0.05, 0.1) is 17.3 Å². The maximum absolute atomic E-state index is 5.90. The van der Waals surface area contributed by atoms with Crippen LogP contribution in [0.4, 0.5) is 0 Å². The molecule has 0 aliphatic rings. The molecule has 0 N–H and O–H groups in total.